The molecule has 1 amide bonds. The lowest BCUT2D eigenvalue weighted by Crippen LogP contribution is -2.48. The number of hydrogen-bond acceptors (Lipinski definition) is 5. The first-order valence-corrected chi connectivity index (χ1v) is 8.19. The molecule has 120 valence electrons. The second-order valence-corrected chi connectivity index (χ2v) is 6.85. The summed E-state index contributed by atoms with van der Waals surface area (Å²) < 4.78 is 5.55. The number of nitrogens with two attached hydrogens (primary N) is 1. The first-order chi connectivity index (χ1) is 11.2. The maximum atomic E-state index is 12.1. The zero-order chi connectivity index (χ0) is 16.0. The van der Waals surface area contributed by atoms with Gasteiger partial charge in [0.05, 0.1) is 17.6 Å². The van der Waals surface area contributed by atoms with Crippen LogP contribution in [-0.4, -0.2) is 37.2 Å². The molecule has 6 nitrogen and oxygen atoms in total. The highest BCUT2D eigenvalue weighted by molar-refractivity contribution is 5.83. The summed E-state index contributed by atoms with van der Waals surface area (Å²) >= 11 is 0. The largest absolute Gasteiger partial charge is 0.381 e. The number of rotatable bonds is 2. The molecule has 2 aliphatic heterocycles. The van der Waals surface area contributed by atoms with Crippen LogP contribution in [0.5, 0.6) is 0 Å². The molecular weight excluding hydrogens is 292 g/mol. The second kappa shape index (κ2) is 5.20. The van der Waals surface area contributed by atoms with Crippen LogP contribution in [0.1, 0.15) is 29.5 Å². The van der Waals surface area contributed by atoms with E-state index in [4.69, 9.17) is 10.5 Å². The van der Waals surface area contributed by atoms with E-state index >= 15 is 0 Å². The molecule has 6 heteroatoms. The third-order valence-electron chi connectivity index (χ3n) is 5.74. The zero-order valence-electron chi connectivity index (χ0n) is 13.0. The van der Waals surface area contributed by atoms with Crippen LogP contribution in [0.2, 0.25) is 0 Å². The summed E-state index contributed by atoms with van der Waals surface area (Å²) in [5.41, 5.74) is 8.19. The highest BCUT2D eigenvalue weighted by Crippen LogP contribution is 2.44. The molecule has 3 aliphatic rings. The standard InChI is InChI=1S/C17H20N4O2/c18-6-14-13-3-1-2-11(13)7-20-15(14)21-8-12-9-23-5-4-17(12,10-21)16(19)22/h7,12H,1-5,8-10H2,(H2,19,22)/t12-,17+/m1/s1. The number of anilines is 1. The quantitative estimate of drug-likeness (QED) is 0.871. The number of amides is 1. The molecule has 2 fully saturated rings. The van der Waals surface area contributed by atoms with Crippen molar-refractivity contribution in [2.75, 3.05) is 31.2 Å². The van der Waals surface area contributed by atoms with Gasteiger partial charge in [0.15, 0.2) is 0 Å². The molecule has 1 aromatic heterocycles. The molecule has 0 radical (unpaired) electrons. The first kappa shape index (κ1) is 14.5. The van der Waals surface area contributed by atoms with E-state index < -0.39 is 5.41 Å². The SMILES string of the molecule is N#Cc1c(N2C[C@@H]3COCC[C@]3(C(N)=O)C2)ncc2c1CCC2. The van der Waals surface area contributed by atoms with Crippen LogP contribution >= 0.6 is 0 Å². The van der Waals surface area contributed by atoms with Crippen molar-refractivity contribution in [3.05, 3.63) is 22.9 Å². The maximum Gasteiger partial charge on any atom is 0.225 e. The van der Waals surface area contributed by atoms with E-state index in [0.717, 1.165) is 24.8 Å². The van der Waals surface area contributed by atoms with Gasteiger partial charge in [0.2, 0.25) is 5.91 Å². The number of pyridine rings is 1. The molecular formula is C17H20N4O2. The van der Waals surface area contributed by atoms with Gasteiger partial charge >= 0.3 is 0 Å². The van der Waals surface area contributed by atoms with Crippen LogP contribution in [0.15, 0.2) is 6.20 Å². The average Bonchev–Trinajstić information content (AvgIpc) is 3.18. The molecule has 3 heterocycles. The van der Waals surface area contributed by atoms with Gasteiger partial charge in [-0.25, -0.2) is 4.98 Å². The molecule has 0 bridgehead atoms. The van der Waals surface area contributed by atoms with Gasteiger partial charge in [-0.05, 0) is 36.8 Å². The normalized spacial score (nSPS) is 29.0. The van der Waals surface area contributed by atoms with E-state index in [0.29, 0.717) is 44.1 Å². The van der Waals surface area contributed by atoms with Gasteiger partial charge in [0.1, 0.15) is 11.9 Å². The summed E-state index contributed by atoms with van der Waals surface area (Å²) in [6, 6.07) is 2.34. The highest BCUT2D eigenvalue weighted by Gasteiger charge is 2.53. The third kappa shape index (κ3) is 2.03. The molecule has 1 aliphatic carbocycles. The number of primary amides is 1. The highest BCUT2D eigenvalue weighted by atomic mass is 16.5. The van der Waals surface area contributed by atoms with Crippen molar-refractivity contribution < 1.29 is 9.53 Å². The number of carbonyl (C=O) groups excluding carboxylic acids is 1. The van der Waals surface area contributed by atoms with Crippen LogP contribution in [-0.2, 0) is 22.4 Å². The van der Waals surface area contributed by atoms with Crippen molar-refractivity contribution in [2.24, 2.45) is 17.1 Å². The zero-order valence-corrected chi connectivity index (χ0v) is 13.0. The number of ether oxygens (including phenoxy) is 1. The third-order valence-corrected chi connectivity index (χ3v) is 5.74. The van der Waals surface area contributed by atoms with E-state index in [-0.39, 0.29) is 11.8 Å². The van der Waals surface area contributed by atoms with Crippen molar-refractivity contribution in [3.8, 4) is 6.07 Å². The molecule has 2 atom stereocenters. The van der Waals surface area contributed by atoms with Crippen LogP contribution in [0.25, 0.3) is 0 Å². The fourth-order valence-corrected chi connectivity index (χ4v) is 4.40. The predicted octanol–water partition coefficient (Wildman–Crippen LogP) is 0.770. The van der Waals surface area contributed by atoms with Crippen molar-refractivity contribution in [3.63, 3.8) is 0 Å². The van der Waals surface area contributed by atoms with Gasteiger partial charge in [-0.1, -0.05) is 0 Å². The molecule has 23 heavy (non-hydrogen) atoms. The van der Waals surface area contributed by atoms with Gasteiger partial charge in [0.25, 0.3) is 0 Å². The number of hydrogen-bond donors (Lipinski definition) is 1. The van der Waals surface area contributed by atoms with Gasteiger partial charge in [-0.3, -0.25) is 4.79 Å². The number of aromatic nitrogens is 1. The first-order valence-electron chi connectivity index (χ1n) is 8.19. The summed E-state index contributed by atoms with van der Waals surface area (Å²) in [5.74, 6) is 0.534. The molecule has 1 aromatic rings. The summed E-state index contributed by atoms with van der Waals surface area (Å²) in [5, 5.41) is 9.64. The van der Waals surface area contributed by atoms with Crippen molar-refractivity contribution in [1.82, 2.24) is 4.98 Å². The number of nitriles is 1. The van der Waals surface area contributed by atoms with Crippen LogP contribution in [0.3, 0.4) is 0 Å². The minimum absolute atomic E-state index is 0.0790. The summed E-state index contributed by atoms with van der Waals surface area (Å²) in [7, 11) is 0. The Balaban J connectivity index is 1.73. The van der Waals surface area contributed by atoms with Gasteiger partial charge in [-0.15, -0.1) is 0 Å². The van der Waals surface area contributed by atoms with Crippen LogP contribution in [0, 0.1) is 22.7 Å². The topological polar surface area (TPSA) is 92.2 Å². The Hall–Kier alpha value is -2.13. The molecule has 0 aromatic carbocycles. The predicted molar refractivity (Wildman–Crippen MR) is 83.7 cm³/mol. The monoisotopic (exact) mass is 312 g/mol. The molecule has 0 unspecified atom stereocenters. The van der Waals surface area contributed by atoms with Crippen molar-refractivity contribution in [2.45, 2.75) is 25.7 Å². The number of aryl methyl sites for hydroxylation is 1. The lowest BCUT2D eigenvalue weighted by atomic mass is 9.74. The Morgan fingerprint density at radius 3 is 3.13 bits per heavy atom. The summed E-state index contributed by atoms with van der Waals surface area (Å²) in [6.07, 6.45) is 5.56. The van der Waals surface area contributed by atoms with Crippen LogP contribution in [0.4, 0.5) is 5.82 Å². The summed E-state index contributed by atoms with van der Waals surface area (Å²) in [6.45, 7) is 2.32. The summed E-state index contributed by atoms with van der Waals surface area (Å²) in [4.78, 5) is 18.8. The van der Waals surface area contributed by atoms with Crippen molar-refractivity contribution in [1.29, 1.82) is 5.26 Å². The van der Waals surface area contributed by atoms with Crippen molar-refractivity contribution >= 4 is 11.7 Å². The fraction of sp³-hybridized carbons (Fsp3) is 0.588. The number of fused-ring (bicyclic) bond motifs is 2. The fourth-order valence-electron chi connectivity index (χ4n) is 4.40. The van der Waals surface area contributed by atoms with E-state index in [1.54, 1.807) is 0 Å². The Bertz CT molecular complexity index is 711. The second-order valence-electron chi connectivity index (χ2n) is 6.85. The van der Waals surface area contributed by atoms with E-state index in [1.165, 1.54) is 5.56 Å². The smallest absolute Gasteiger partial charge is 0.225 e. The minimum atomic E-state index is -0.550. The molecule has 2 saturated heterocycles. The molecule has 0 saturated carbocycles. The Kier molecular flexibility index (Phi) is 3.27. The molecule has 4 rings (SSSR count). The van der Waals surface area contributed by atoms with Gasteiger partial charge in [-0.2, -0.15) is 5.26 Å². The average molecular weight is 312 g/mol. The lowest BCUT2D eigenvalue weighted by Gasteiger charge is -2.35. The Morgan fingerprint density at radius 1 is 1.52 bits per heavy atom. The van der Waals surface area contributed by atoms with Crippen LogP contribution < -0.4 is 10.6 Å². The van der Waals surface area contributed by atoms with E-state index in [9.17, 15) is 10.1 Å². The van der Waals surface area contributed by atoms with Gasteiger partial charge in [0, 0.05) is 31.8 Å². The minimum Gasteiger partial charge on any atom is -0.381 e. The molecule has 0 spiro atoms. The number of carbonyl (C=O) groups is 1. The van der Waals surface area contributed by atoms with E-state index in [2.05, 4.69) is 16.0 Å². The van der Waals surface area contributed by atoms with Gasteiger partial charge < -0.3 is 15.4 Å². The maximum absolute atomic E-state index is 12.1. The lowest BCUT2D eigenvalue weighted by molar-refractivity contribution is -0.135. The Morgan fingerprint density at radius 2 is 2.39 bits per heavy atom. The van der Waals surface area contributed by atoms with E-state index in [1.807, 2.05) is 6.20 Å². The molecule has 2 N–H and O–H groups in total. The Labute approximate surface area is 135 Å². The number of nitrogens with zero attached hydrogens (tertiary/aromatic N) is 3.